The normalized spacial score (nSPS) is 11.0. The fourth-order valence-corrected chi connectivity index (χ4v) is 2.12. The molecule has 0 saturated heterocycles. The van der Waals surface area contributed by atoms with Crippen LogP contribution in [0.15, 0.2) is 24.4 Å². The summed E-state index contributed by atoms with van der Waals surface area (Å²) in [4.78, 5) is 2.05. The Morgan fingerprint density at radius 3 is 2.82 bits per heavy atom. The molecule has 1 aromatic carbocycles. The maximum atomic E-state index is 14.0. The van der Waals surface area contributed by atoms with E-state index in [1.807, 2.05) is 14.1 Å². The molecule has 0 bridgehead atoms. The van der Waals surface area contributed by atoms with Gasteiger partial charge < -0.3 is 15.4 Å². The molecule has 5 nitrogen and oxygen atoms in total. The van der Waals surface area contributed by atoms with E-state index in [9.17, 15) is 4.39 Å². The highest BCUT2D eigenvalue weighted by molar-refractivity contribution is 6.30. The lowest BCUT2D eigenvalue weighted by Gasteiger charge is -2.12. The van der Waals surface area contributed by atoms with Crippen LogP contribution in [0, 0.1) is 5.82 Å². The first-order chi connectivity index (χ1) is 10.5. The third-order valence-electron chi connectivity index (χ3n) is 3.06. The van der Waals surface area contributed by atoms with Gasteiger partial charge in [-0.25, -0.2) is 4.39 Å². The van der Waals surface area contributed by atoms with Gasteiger partial charge in [-0.3, -0.25) is 0 Å². The highest BCUT2D eigenvalue weighted by atomic mass is 35.5. The predicted molar refractivity (Wildman–Crippen MR) is 85.5 cm³/mol. The summed E-state index contributed by atoms with van der Waals surface area (Å²) in [6, 6.07) is 4.26. The van der Waals surface area contributed by atoms with Gasteiger partial charge in [-0.1, -0.05) is 11.6 Å². The van der Waals surface area contributed by atoms with E-state index in [1.165, 1.54) is 24.4 Å². The Labute approximate surface area is 133 Å². The van der Waals surface area contributed by atoms with Crippen LogP contribution in [0.1, 0.15) is 6.42 Å². The fourth-order valence-electron chi connectivity index (χ4n) is 1.95. The van der Waals surface area contributed by atoms with Gasteiger partial charge in [0.2, 0.25) is 0 Å². The van der Waals surface area contributed by atoms with Crippen LogP contribution in [0.3, 0.4) is 0 Å². The SMILES string of the molecule is CN(C)CCCOc1nncc(-c2cc(Cl)ccc2F)c1N. The van der Waals surface area contributed by atoms with Gasteiger partial charge in [-0.05, 0) is 38.7 Å². The topological polar surface area (TPSA) is 64.3 Å². The molecular formula is C15H18ClFN4O. The molecule has 1 heterocycles. The third-order valence-corrected chi connectivity index (χ3v) is 3.30. The van der Waals surface area contributed by atoms with E-state index in [0.717, 1.165) is 13.0 Å². The number of rotatable bonds is 6. The summed E-state index contributed by atoms with van der Waals surface area (Å²) in [6.07, 6.45) is 2.22. The average Bonchev–Trinajstić information content (AvgIpc) is 2.47. The van der Waals surface area contributed by atoms with Gasteiger partial charge in [0.05, 0.1) is 12.8 Å². The Morgan fingerprint density at radius 2 is 2.09 bits per heavy atom. The van der Waals surface area contributed by atoms with E-state index in [0.29, 0.717) is 17.2 Å². The number of benzene rings is 1. The first kappa shape index (κ1) is 16.5. The highest BCUT2D eigenvalue weighted by Gasteiger charge is 2.14. The second-order valence-corrected chi connectivity index (χ2v) is 5.54. The summed E-state index contributed by atoms with van der Waals surface area (Å²) in [5, 5.41) is 8.12. The summed E-state index contributed by atoms with van der Waals surface area (Å²) >= 11 is 5.91. The molecule has 22 heavy (non-hydrogen) atoms. The lowest BCUT2D eigenvalue weighted by atomic mass is 10.1. The number of ether oxygens (including phenoxy) is 1. The van der Waals surface area contributed by atoms with Crippen LogP contribution in [-0.2, 0) is 0 Å². The molecule has 0 aliphatic rings. The molecule has 0 atom stereocenters. The minimum atomic E-state index is -0.428. The van der Waals surface area contributed by atoms with Crippen LogP contribution in [0.4, 0.5) is 10.1 Å². The number of halogens is 2. The Balaban J connectivity index is 2.20. The van der Waals surface area contributed by atoms with Crippen LogP contribution in [0.5, 0.6) is 5.88 Å². The Hall–Kier alpha value is -1.92. The molecule has 0 saturated carbocycles. The fraction of sp³-hybridized carbons (Fsp3) is 0.333. The average molecular weight is 325 g/mol. The molecule has 2 aromatic rings. The van der Waals surface area contributed by atoms with Crippen molar-refractivity contribution in [3.8, 4) is 17.0 Å². The smallest absolute Gasteiger partial charge is 0.257 e. The standard InChI is InChI=1S/C15H18ClFN4O/c1-21(2)6-3-7-22-15-14(18)12(9-19-20-15)11-8-10(16)4-5-13(11)17/h4-5,8-9H,3,6-7H2,1-2H3,(H2,18,19). The quantitative estimate of drug-likeness (QED) is 0.828. The lowest BCUT2D eigenvalue weighted by molar-refractivity contribution is 0.272. The van der Waals surface area contributed by atoms with Crippen molar-refractivity contribution >= 4 is 17.3 Å². The maximum absolute atomic E-state index is 14.0. The molecule has 118 valence electrons. The molecule has 0 aliphatic carbocycles. The molecule has 7 heteroatoms. The molecular weight excluding hydrogens is 307 g/mol. The summed E-state index contributed by atoms with van der Waals surface area (Å²) in [7, 11) is 3.97. The van der Waals surface area contributed by atoms with Crippen molar-refractivity contribution in [2.75, 3.05) is 33.0 Å². The lowest BCUT2D eigenvalue weighted by Crippen LogP contribution is -2.16. The third kappa shape index (κ3) is 4.05. The van der Waals surface area contributed by atoms with Crippen molar-refractivity contribution < 1.29 is 9.13 Å². The zero-order valence-corrected chi connectivity index (χ0v) is 13.3. The number of anilines is 1. The largest absolute Gasteiger partial charge is 0.475 e. The number of aromatic nitrogens is 2. The summed E-state index contributed by atoms with van der Waals surface area (Å²) in [5.74, 6) is -0.224. The van der Waals surface area contributed by atoms with E-state index in [2.05, 4.69) is 15.1 Å². The van der Waals surface area contributed by atoms with Crippen LogP contribution in [0.2, 0.25) is 5.02 Å². The molecule has 2 rings (SSSR count). The van der Waals surface area contributed by atoms with Gasteiger partial charge in [0.15, 0.2) is 0 Å². The molecule has 0 aliphatic heterocycles. The molecule has 0 unspecified atom stereocenters. The van der Waals surface area contributed by atoms with Gasteiger partial charge in [0.1, 0.15) is 11.5 Å². The van der Waals surface area contributed by atoms with E-state index < -0.39 is 5.82 Å². The molecule has 1 aromatic heterocycles. The summed E-state index contributed by atoms with van der Waals surface area (Å²) in [5.41, 5.74) is 6.97. The first-order valence-corrected chi connectivity index (χ1v) is 7.21. The van der Waals surface area contributed by atoms with Crippen LogP contribution >= 0.6 is 11.6 Å². The van der Waals surface area contributed by atoms with E-state index in [4.69, 9.17) is 22.1 Å². The summed E-state index contributed by atoms with van der Waals surface area (Å²) < 4.78 is 19.5. The monoisotopic (exact) mass is 324 g/mol. The number of nitrogens with zero attached hydrogens (tertiary/aromatic N) is 3. The maximum Gasteiger partial charge on any atom is 0.257 e. The van der Waals surface area contributed by atoms with E-state index in [-0.39, 0.29) is 17.1 Å². The molecule has 0 amide bonds. The van der Waals surface area contributed by atoms with E-state index in [1.54, 1.807) is 0 Å². The Kier molecular flexibility index (Phi) is 5.51. The van der Waals surface area contributed by atoms with Gasteiger partial charge in [0, 0.05) is 22.7 Å². The second kappa shape index (κ2) is 7.38. The number of hydrogen-bond donors (Lipinski definition) is 1. The van der Waals surface area contributed by atoms with Crippen molar-refractivity contribution in [1.29, 1.82) is 0 Å². The van der Waals surface area contributed by atoms with Gasteiger partial charge in [-0.2, -0.15) is 5.10 Å². The van der Waals surface area contributed by atoms with Gasteiger partial charge >= 0.3 is 0 Å². The zero-order valence-electron chi connectivity index (χ0n) is 12.5. The molecule has 0 fully saturated rings. The number of hydrogen-bond acceptors (Lipinski definition) is 5. The first-order valence-electron chi connectivity index (χ1n) is 6.83. The molecule has 0 radical (unpaired) electrons. The molecule has 2 N–H and O–H groups in total. The van der Waals surface area contributed by atoms with Gasteiger partial charge in [0.25, 0.3) is 5.88 Å². The minimum absolute atomic E-state index is 0.204. The van der Waals surface area contributed by atoms with Crippen molar-refractivity contribution in [3.05, 3.63) is 35.2 Å². The highest BCUT2D eigenvalue weighted by Crippen LogP contribution is 2.33. The summed E-state index contributed by atoms with van der Waals surface area (Å²) in [6.45, 7) is 1.34. The van der Waals surface area contributed by atoms with Crippen molar-refractivity contribution in [2.45, 2.75) is 6.42 Å². The van der Waals surface area contributed by atoms with Crippen molar-refractivity contribution in [2.24, 2.45) is 0 Å². The van der Waals surface area contributed by atoms with Crippen molar-refractivity contribution in [1.82, 2.24) is 15.1 Å². The van der Waals surface area contributed by atoms with Crippen LogP contribution < -0.4 is 10.5 Å². The predicted octanol–water partition coefficient (Wildman–Crippen LogP) is 2.85. The van der Waals surface area contributed by atoms with Crippen molar-refractivity contribution in [3.63, 3.8) is 0 Å². The zero-order chi connectivity index (χ0) is 16.1. The molecule has 0 spiro atoms. The van der Waals surface area contributed by atoms with E-state index >= 15 is 0 Å². The Morgan fingerprint density at radius 1 is 1.32 bits per heavy atom. The number of nitrogen functional groups attached to an aromatic ring is 1. The number of nitrogens with two attached hydrogens (primary N) is 1. The van der Waals surface area contributed by atoms with Crippen LogP contribution in [-0.4, -0.2) is 42.3 Å². The Bertz CT molecular complexity index is 651. The van der Waals surface area contributed by atoms with Gasteiger partial charge in [-0.15, -0.1) is 5.10 Å². The second-order valence-electron chi connectivity index (χ2n) is 5.11. The van der Waals surface area contributed by atoms with Crippen LogP contribution in [0.25, 0.3) is 11.1 Å². The minimum Gasteiger partial charge on any atom is -0.475 e.